The van der Waals surface area contributed by atoms with Crippen LogP contribution in [0.15, 0.2) is 0 Å². The number of hydrogen-bond donors (Lipinski definition) is 1. The van der Waals surface area contributed by atoms with Gasteiger partial charge in [-0.2, -0.15) is 0 Å². The Morgan fingerprint density at radius 2 is 1.82 bits per heavy atom. The van der Waals surface area contributed by atoms with Crippen molar-refractivity contribution in [1.29, 1.82) is 0 Å². The Morgan fingerprint density at radius 3 is 2.09 bits per heavy atom. The van der Waals surface area contributed by atoms with Crippen molar-refractivity contribution >= 4 is 9.84 Å². The van der Waals surface area contributed by atoms with Gasteiger partial charge in [0.15, 0.2) is 9.84 Å². The molecule has 0 aromatic heterocycles. The molecule has 0 bridgehead atoms. The quantitative estimate of drug-likeness (QED) is 0.688. The molecule has 1 unspecified atom stereocenters. The summed E-state index contributed by atoms with van der Waals surface area (Å²) in [5.74, 6) is -0.110. The fraction of sp³-hybridized carbons (Fsp3) is 1.00. The van der Waals surface area contributed by atoms with Crippen LogP contribution < -0.4 is 0 Å². The van der Waals surface area contributed by atoms with Gasteiger partial charge >= 0.3 is 0 Å². The van der Waals surface area contributed by atoms with Crippen molar-refractivity contribution in [3.05, 3.63) is 0 Å². The van der Waals surface area contributed by atoms with E-state index in [1.165, 1.54) is 0 Å². The number of sulfone groups is 1. The van der Waals surface area contributed by atoms with Crippen LogP contribution >= 0.6 is 0 Å². The fourth-order valence-electron chi connectivity index (χ4n) is 0.578. The smallest absolute Gasteiger partial charge is 0.155 e. The molecule has 0 aliphatic heterocycles. The summed E-state index contributed by atoms with van der Waals surface area (Å²) in [6.07, 6.45) is -0.214. The van der Waals surface area contributed by atoms with Gasteiger partial charge in [0.05, 0.1) is 17.1 Å². The summed E-state index contributed by atoms with van der Waals surface area (Å²) in [5, 5.41) is 8.68. The molecule has 11 heavy (non-hydrogen) atoms. The normalized spacial score (nSPS) is 15.4. The van der Waals surface area contributed by atoms with Gasteiger partial charge in [0.1, 0.15) is 0 Å². The second kappa shape index (κ2) is 4.07. The third-order valence-corrected chi connectivity index (χ3v) is 3.90. The number of aliphatic hydroxyl groups is 1. The van der Waals surface area contributed by atoms with Crippen LogP contribution in [0.1, 0.15) is 27.2 Å². The Bertz CT molecular complexity index is 194. The molecule has 68 valence electrons. The SMILES string of the molecule is CCC(O)CS(=O)(=O)C(C)C. The Kier molecular flexibility index (Phi) is 4.03. The van der Waals surface area contributed by atoms with Crippen LogP contribution in [0.5, 0.6) is 0 Å². The molecule has 0 heterocycles. The van der Waals surface area contributed by atoms with E-state index in [9.17, 15) is 8.42 Å². The zero-order chi connectivity index (χ0) is 9.07. The maximum Gasteiger partial charge on any atom is 0.155 e. The summed E-state index contributed by atoms with van der Waals surface area (Å²) >= 11 is 0. The van der Waals surface area contributed by atoms with Crippen molar-refractivity contribution < 1.29 is 13.5 Å². The van der Waals surface area contributed by atoms with Gasteiger partial charge in [-0.3, -0.25) is 0 Å². The second-order valence-corrected chi connectivity index (χ2v) is 5.54. The lowest BCUT2D eigenvalue weighted by Gasteiger charge is -2.10. The highest BCUT2D eigenvalue weighted by molar-refractivity contribution is 7.92. The molecule has 0 saturated heterocycles. The van der Waals surface area contributed by atoms with Gasteiger partial charge < -0.3 is 5.11 Å². The van der Waals surface area contributed by atoms with Gasteiger partial charge in [0.2, 0.25) is 0 Å². The molecule has 1 N–H and O–H groups in total. The molecule has 0 fully saturated rings. The maximum absolute atomic E-state index is 11.1. The van der Waals surface area contributed by atoms with E-state index in [0.717, 1.165) is 0 Å². The Labute approximate surface area is 68.3 Å². The molecular weight excluding hydrogens is 164 g/mol. The number of rotatable bonds is 4. The average Bonchev–Trinajstić information content (AvgIpc) is 1.86. The molecule has 1 atom stereocenters. The maximum atomic E-state index is 11.1. The summed E-state index contributed by atoms with van der Waals surface area (Å²) in [6, 6.07) is 0. The van der Waals surface area contributed by atoms with Gasteiger partial charge in [-0.05, 0) is 20.3 Å². The van der Waals surface area contributed by atoms with E-state index >= 15 is 0 Å². The second-order valence-electron chi connectivity index (χ2n) is 2.94. The predicted octanol–water partition coefficient (Wildman–Crippen LogP) is 0.581. The molecule has 0 aliphatic carbocycles. The van der Waals surface area contributed by atoms with E-state index in [1.54, 1.807) is 20.8 Å². The predicted molar refractivity (Wildman–Crippen MR) is 45.2 cm³/mol. The van der Waals surface area contributed by atoms with Crippen molar-refractivity contribution in [2.45, 2.75) is 38.5 Å². The van der Waals surface area contributed by atoms with E-state index < -0.39 is 15.9 Å². The van der Waals surface area contributed by atoms with Crippen LogP contribution in [-0.4, -0.2) is 30.6 Å². The van der Waals surface area contributed by atoms with E-state index in [0.29, 0.717) is 6.42 Å². The third-order valence-electron chi connectivity index (χ3n) is 1.61. The monoisotopic (exact) mass is 180 g/mol. The minimum atomic E-state index is -3.06. The average molecular weight is 180 g/mol. The fourth-order valence-corrected chi connectivity index (χ4v) is 1.74. The molecule has 4 heteroatoms. The minimum absolute atomic E-state index is 0.110. The molecule has 0 rings (SSSR count). The van der Waals surface area contributed by atoms with Crippen molar-refractivity contribution in [2.24, 2.45) is 0 Å². The largest absolute Gasteiger partial charge is 0.392 e. The Hall–Kier alpha value is -0.0900. The number of aliphatic hydroxyl groups excluding tert-OH is 1. The highest BCUT2D eigenvalue weighted by Gasteiger charge is 2.19. The lowest BCUT2D eigenvalue weighted by Crippen LogP contribution is -2.26. The molecule has 3 nitrogen and oxygen atoms in total. The first kappa shape index (κ1) is 10.9. The van der Waals surface area contributed by atoms with Crippen molar-refractivity contribution in [3.8, 4) is 0 Å². The van der Waals surface area contributed by atoms with E-state index in [2.05, 4.69) is 0 Å². The van der Waals surface area contributed by atoms with Crippen molar-refractivity contribution in [3.63, 3.8) is 0 Å². The first-order valence-electron chi connectivity index (χ1n) is 3.79. The first-order valence-corrected chi connectivity index (χ1v) is 5.51. The van der Waals surface area contributed by atoms with E-state index in [1.807, 2.05) is 0 Å². The highest BCUT2D eigenvalue weighted by Crippen LogP contribution is 2.04. The summed E-state index contributed by atoms with van der Waals surface area (Å²) in [5.41, 5.74) is 0. The highest BCUT2D eigenvalue weighted by atomic mass is 32.2. The van der Waals surface area contributed by atoms with Crippen LogP contribution in [-0.2, 0) is 9.84 Å². The zero-order valence-electron chi connectivity index (χ0n) is 7.24. The van der Waals surface area contributed by atoms with Gasteiger partial charge in [-0.25, -0.2) is 8.42 Å². The van der Waals surface area contributed by atoms with Gasteiger partial charge in [-0.1, -0.05) is 6.92 Å². The first-order chi connectivity index (χ1) is 4.90. The molecular formula is C7H16O3S. The Balaban J connectivity index is 4.15. The molecule has 0 aliphatic rings. The zero-order valence-corrected chi connectivity index (χ0v) is 8.06. The van der Waals surface area contributed by atoms with Crippen LogP contribution in [0.4, 0.5) is 0 Å². The van der Waals surface area contributed by atoms with Crippen LogP contribution in [0.3, 0.4) is 0 Å². The molecule has 0 aromatic carbocycles. The molecule has 0 radical (unpaired) electrons. The lowest BCUT2D eigenvalue weighted by molar-refractivity contribution is 0.193. The summed E-state index contributed by atoms with van der Waals surface area (Å²) < 4.78 is 22.3. The van der Waals surface area contributed by atoms with Crippen LogP contribution in [0.2, 0.25) is 0 Å². The molecule has 0 saturated carbocycles. The minimum Gasteiger partial charge on any atom is -0.392 e. The molecule has 0 aromatic rings. The van der Waals surface area contributed by atoms with Crippen molar-refractivity contribution in [2.75, 3.05) is 5.75 Å². The Morgan fingerprint density at radius 1 is 1.36 bits per heavy atom. The van der Waals surface area contributed by atoms with Crippen LogP contribution in [0.25, 0.3) is 0 Å². The van der Waals surface area contributed by atoms with Crippen molar-refractivity contribution in [1.82, 2.24) is 0 Å². The summed E-state index contributed by atoms with van der Waals surface area (Å²) in [6.45, 7) is 5.01. The van der Waals surface area contributed by atoms with Gasteiger partial charge in [0, 0.05) is 0 Å². The topological polar surface area (TPSA) is 54.4 Å². The molecule has 0 amide bonds. The third kappa shape index (κ3) is 3.72. The lowest BCUT2D eigenvalue weighted by atomic mass is 10.3. The molecule has 0 spiro atoms. The van der Waals surface area contributed by atoms with E-state index in [-0.39, 0.29) is 11.0 Å². The van der Waals surface area contributed by atoms with Gasteiger partial charge in [-0.15, -0.1) is 0 Å². The standard InChI is InChI=1S/C7H16O3S/c1-4-7(8)5-11(9,10)6(2)3/h6-8H,4-5H2,1-3H3. The summed E-state index contributed by atoms with van der Waals surface area (Å²) in [4.78, 5) is 0. The van der Waals surface area contributed by atoms with Gasteiger partial charge in [0.25, 0.3) is 0 Å². The van der Waals surface area contributed by atoms with Crippen LogP contribution in [0, 0.1) is 0 Å². The summed E-state index contributed by atoms with van der Waals surface area (Å²) in [7, 11) is -3.06. The number of hydrogen-bond acceptors (Lipinski definition) is 3. The van der Waals surface area contributed by atoms with E-state index in [4.69, 9.17) is 5.11 Å².